The van der Waals surface area contributed by atoms with E-state index in [0.717, 1.165) is 25.7 Å². The molecule has 1 aliphatic heterocycles. The third kappa shape index (κ3) is 3.24. The number of hydrogen-bond acceptors (Lipinski definition) is 4. The molecule has 0 radical (unpaired) electrons. The van der Waals surface area contributed by atoms with Crippen LogP contribution in [0.5, 0.6) is 5.75 Å². The summed E-state index contributed by atoms with van der Waals surface area (Å²) in [5, 5.41) is 2.73. The summed E-state index contributed by atoms with van der Waals surface area (Å²) in [4.78, 5) is 23.7. The SMILES string of the molecule is NC1CCC(CC(=O)c2ccc3c(c2)NC(=O)CO3)CC1. The molecule has 3 rings (SSSR count). The van der Waals surface area contributed by atoms with Gasteiger partial charge in [-0.05, 0) is 49.8 Å². The van der Waals surface area contributed by atoms with Crippen LogP contribution >= 0.6 is 0 Å². The maximum Gasteiger partial charge on any atom is 0.262 e. The van der Waals surface area contributed by atoms with E-state index in [1.54, 1.807) is 18.2 Å². The Morgan fingerprint density at radius 1 is 1.29 bits per heavy atom. The van der Waals surface area contributed by atoms with Gasteiger partial charge in [-0.1, -0.05) is 0 Å². The summed E-state index contributed by atoms with van der Waals surface area (Å²) in [6.45, 7) is 0.0304. The zero-order valence-corrected chi connectivity index (χ0v) is 11.9. The number of nitrogens with two attached hydrogens (primary N) is 1. The number of hydrogen-bond donors (Lipinski definition) is 2. The molecule has 1 aromatic carbocycles. The van der Waals surface area contributed by atoms with Crippen molar-refractivity contribution in [1.82, 2.24) is 0 Å². The predicted octanol–water partition coefficient (Wildman–Crippen LogP) is 2.11. The van der Waals surface area contributed by atoms with E-state index in [1.807, 2.05) is 0 Å². The Kier molecular flexibility index (Phi) is 3.92. The van der Waals surface area contributed by atoms with Crippen molar-refractivity contribution in [3.63, 3.8) is 0 Å². The number of benzene rings is 1. The van der Waals surface area contributed by atoms with E-state index in [0.29, 0.717) is 35.4 Å². The fourth-order valence-electron chi connectivity index (χ4n) is 3.03. The molecule has 1 amide bonds. The van der Waals surface area contributed by atoms with Gasteiger partial charge < -0.3 is 15.8 Å². The van der Waals surface area contributed by atoms with Gasteiger partial charge in [0.2, 0.25) is 0 Å². The first kappa shape index (κ1) is 14.1. The van der Waals surface area contributed by atoms with E-state index in [1.165, 1.54) is 0 Å². The molecule has 2 aliphatic rings. The van der Waals surface area contributed by atoms with E-state index in [2.05, 4.69) is 5.32 Å². The summed E-state index contributed by atoms with van der Waals surface area (Å²) >= 11 is 0. The van der Waals surface area contributed by atoms with Gasteiger partial charge >= 0.3 is 0 Å². The summed E-state index contributed by atoms with van der Waals surface area (Å²) in [6.07, 6.45) is 4.62. The number of anilines is 1. The van der Waals surface area contributed by atoms with Crippen LogP contribution in [0.4, 0.5) is 5.69 Å². The van der Waals surface area contributed by atoms with Crippen LogP contribution in [0.25, 0.3) is 0 Å². The Morgan fingerprint density at radius 2 is 2.05 bits per heavy atom. The van der Waals surface area contributed by atoms with Crippen LogP contribution in [0.3, 0.4) is 0 Å². The zero-order chi connectivity index (χ0) is 14.8. The standard InChI is InChI=1S/C16H20N2O3/c17-12-4-1-10(2-5-12)7-14(19)11-3-6-15-13(8-11)18-16(20)9-21-15/h3,6,8,10,12H,1-2,4-5,7,9,17H2,(H,18,20). The van der Waals surface area contributed by atoms with Crippen LogP contribution in [0.1, 0.15) is 42.5 Å². The Labute approximate surface area is 123 Å². The first-order chi connectivity index (χ1) is 10.1. The maximum absolute atomic E-state index is 12.4. The molecule has 5 nitrogen and oxygen atoms in total. The van der Waals surface area contributed by atoms with Gasteiger partial charge in [-0.25, -0.2) is 0 Å². The van der Waals surface area contributed by atoms with Gasteiger partial charge in [0.15, 0.2) is 12.4 Å². The fraction of sp³-hybridized carbons (Fsp3) is 0.500. The summed E-state index contributed by atoms with van der Waals surface area (Å²) in [6, 6.07) is 5.53. The minimum Gasteiger partial charge on any atom is -0.482 e. The normalized spacial score (nSPS) is 24.7. The molecule has 1 saturated carbocycles. The van der Waals surface area contributed by atoms with Gasteiger partial charge in [0.1, 0.15) is 5.75 Å². The number of ketones is 1. The van der Waals surface area contributed by atoms with Crippen molar-refractivity contribution in [3.8, 4) is 5.75 Å². The molecule has 112 valence electrons. The third-order valence-corrected chi connectivity index (χ3v) is 4.30. The summed E-state index contributed by atoms with van der Waals surface area (Å²) < 4.78 is 5.29. The van der Waals surface area contributed by atoms with Gasteiger partial charge in [0, 0.05) is 18.0 Å². The highest BCUT2D eigenvalue weighted by Gasteiger charge is 2.23. The van der Waals surface area contributed by atoms with Crippen molar-refractivity contribution >= 4 is 17.4 Å². The molecule has 21 heavy (non-hydrogen) atoms. The predicted molar refractivity (Wildman–Crippen MR) is 79.4 cm³/mol. The van der Waals surface area contributed by atoms with E-state index < -0.39 is 0 Å². The number of rotatable bonds is 3. The van der Waals surface area contributed by atoms with E-state index in [-0.39, 0.29) is 18.3 Å². The number of amides is 1. The highest BCUT2D eigenvalue weighted by Crippen LogP contribution is 2.31. The Bertz CT molecular complexity index is 563. The molecule has 3 N–H and O–H groups in total. The number of nitrogens with one attached hydrogen (secondary N) is 1. The molecule has 0 atom stereocenters. The minimum absolute atomic E-state index is 0.0304. The van der Waals surface area contributed by atoms with Crippen molar-refractivity contribution < 1.29 is 14.3 Å². The maximum atomic E-state index is 12.4. The van der Waals surface area contributed by atoms with Crippen molar-refractivity contribution in [2.45, 2.75) is 38.1 Å². The molecule has 1 fully saturated rings. The lowest BCUT2D eigenvalue weighted by Crippen LogP contribution is -2.27. The lowest BCUT2D eigenvalue weighted by Gasteiger charge is -2.25. The van der Waals surface area contributed by atoms with Crippen LogP contribution in [0.2, 0.25) is 0 Å². The van der Waals surface area contributed by atoms with Crippen molar-refractivity contribution in [3.05, 3.63) is 23.8 Å². The molecular formula is C16H20N2O3. The van der Waals surface area contributed by atoms with Gasteiger partial charge in [-0.3, -0.25) is 9.59 Å². The fourth-order valence-corrected chi connectivity index (χ4v) is 3.03. The quantitative estimate of drug-likeness (QED) is 0.835. The second kappa shape index (κ2) is 5.85. The average molecular weight is 288 g/mol. The molecule has 1 aliphatic carbocycles. The van der Waals surface area contributed by atoms with Gasteiger partial charge in [0.05, 0.1) is 5.69 Å². The third-order valence-electron chi connectivity index (χ3n) is 4.30. The number of fused-ring (bicyclic) bond motifs is 1. The van der Waals surface area contributed by atoms with Gasteiger partial charge in [0.25, 0.3) is 5.91 Å². The molecule has 0 bridgehead atoms. The monoisotopic (exact) mass is 288 g/mol. The molecule has 0 unspecified atom stereocenters. The van der Waals surface area contributed by atoms with Crippen molar-refractivity contribution in [2.24, 2.45) is 11.7 Å². The van der Waals surface area contributed by atoms with Crippen LogP contribution in [-0.2, 0) is 4.79 Å². The molecule has 0 saturated heterocycles. The van der Waals surface area contributed by atoms with Crippen LogP contribution in [0, 0.1) is 5.92 Å². The lowest BCUT2D eigenvalue weighted by atomic mass is 9.82. The Balaban J connectivity index is 1.67. The summed E-state index contributed by atoms with van der Waals surface area (Å²) in [5.74, 6) is 0.987. The average Bonchev–Trinajstić information content (AvgIpc) is 2.48. The number of ether oxygens (including phenoxy) is 1. The number of Topliss-reactive ketones (excluding diaryl/α,β-unsaturated/α-hetero) is 1. The number of carbonyl (C=O) groups is 2. The zero-order valence-electron chi connectivity index (χ0n) is 11.9. The van der Waals surface area contributed by atoms with E-state index >= 15 is 0 Å². The van der Waals surface area contributed by atoms with Crippen LogP contribution < -0.4 is 15.8 Å². The van der Waals surface area contributed by atoms with Gasteiger partial charge in [-0.2, -0.15) is 0 Å². The highest BCUT2D eigenvalue weighted by molar-refractivity contribution is 6.00. The van der Waals surface area contributed by atoms with Crippen molar-refractivity contribution in [1.29, 1.82) is 0 Å². The molecule has 0 spiro atoms. The lowest BCUT2D eigenvalue weighted by molar-refractivity contribution is -0.118. The second-order valence-electron chi connectivity index (χ2n) is 5.96. The van der Waals surface area contributed by atoms with Gasteiger partial charge in [-0.15, -0.1) is 0 Å². The Morgan fingerprint density at radius 3 is 2.81 bits per heavy atom. The Hall–Kier alpha value is -1.88. The van der Waals surface area contributed by atoms with Crippen LogP contribution in [-0.4, -0.2) is 24.3 Å². The minimum atomic E-state index is -0.187. The second-order valence-corrected chi connectivity index (χ2v) is 5.96. The summed E-state index contributed by atoms with van der Waals surface area (Å²) in [5.41, 5.74) is 7.11. The van der Waals surface area contributed by atoms with Crippen LogP contribution in [0.15, 0.2) is 18.2 Å². The van der Waals surface area contributed by atoms with Crippen molar-refractivity contribution in [2.75, 3.05) is 11.9 Å². The molecule has 1 aromatic rings. The summed E-state index contributed by atoms with van der Waals surface area (Å²) in [7, 11) is 0. The largest absolute Gasteiger partial charge is 0.482 e. The number of carbonyl (C=O) groups excluding carboxylic acids is 2. The molecular weight excluding hydrogens is 268 g/mol. The first-order valence-corrected chi connectivity index (χ1v) is 7.47. The highest BCUT2D eigenvalue weighted by atomic mass is 16.5. The molecule has 5 heteroatoms. The smallest absolute Gasteiger partial charge is 0.262 e. The van der Waals surface area contributed by atoms with E-state index in [9.17, 15) is 9.59 Å². The topological polar surface area (TPSA) is 81.4 Å². The van der Waals surface area contributed by atoms with E-state index in [4.69, 9.17) is 10.5 Å². The molecule has 0 aromatic heterocycles. The first-order valence-electron chi connectivity index (χ1n) is 7.47. The molecule has 1 heterocycles.